The molecule has 0 spiro atoms. The molecular formula is C23H21NO6S. The molecule has 0 aliphatic carbocycles. The number of anilines is 1. The maximum absolute atomic E-state index is 12.7. The van der Waals surface area contributed by atoms with Crippen LogP contribution in [0.3, 0.4) is 0 Å². The number of hydrogen-bond acceptors (Lipinski definition) is 6. The average molecular weight is 439 g/mol. The lowest BCUT2D eigenvalue weighted by Crippen LogP contribution is -2.23. The van der Waals surface area contributed by atoms with Crippen molar-refractivity contribution < 1.29 is 28.9 Å². The molecule has 1 aliphatic heterocycles. The van der Waals surface area contributed by atoms with Crippen LogP contribution in [0.25, 0.3) is 11.1 Å². The highest BCUT2D eigenvalue weighted by molar-refractivity contribution is 7.15. The molecule has 0 saturated carbocycles. The zero-order valence-electron chi connectivity index (χ0n) is 17.2. The van der Waals surface area contributed by atoms with Gasteiger partial charge < -0.3 is 24.6 Å². The first kappa shape index (κ1) is 20.7. The standard InChI is InChI=1S/C23H21NO6S/c1-28-15-10-9-13(19(29-2)20(15)30-3)14-11-16(25)24-18-17(12-7-5-4-6-8-12)22(23(26)27)31-21(14)18/h4-10,14H,11H2,1-3H3,(H,24,25)(H,26,27)/t14-/m0/s1. The summed E-state index contributed by atoms with van der Waals surface area (Å²) in [7, 11) is 4.58. The molecule has 0 unspecified atom stereocenters. The number of carboxylic acids is 1. The fraction of sp³-hybridized carbons (Fsp3) is 0.217. The van der Waals surface area contributed by atoms with E-state index in [1.807, 2.05) is 36.4 Å². The van der Waals surface area contributed by atoms with Crippen molar-refractivity contribution in [1.29, 1.82) is 0 Å². The number of amides is 1. The van der Waals surface area contributed by atoms with Crippen molar-refractivity contribution in [2.75, 3.05) is 26.6 Å². The molecule has 1 amide bonds. The van der Waals surface area contributed by atoms with E-state index in [9.17, 15) is 14.7 Å². The Labute approximate surface area is 183 Å². The number of carbonyl (C=O) groups is 2. The largest absolute Gasteiger partial charge is 0.493 e. The maximum Gasteiger partial charge on any atom is 0.346 e. The minimum atomic E-state index is -1.04. The second-order valence-corrected chi connectivity index (χ2v) is 8.00. The summed E-state index contributed by atoms with van der Waals surface area (Å²) in [6.07, 6.45) is 0.159. The Hall–Kier alpha value is -3.52. The molecule has 31 heavy (non-hydrogen) atoms. The monoisotopic (exact) mass is 439 g/mol. The van der Waals surface area contributed by atoms with E-state index in [1.165, 1.54) is 32.7 Å². The molecule has 2 aromatic carbocycles. The van der Waals surface area contributed by atoms with E-state index in [2.05, 4.69) is 5.32 Å². The van der Waals surface area contributed by atoms with Crippen LogP contribution in [-0.2, 0) is 4.79 Å². The molecule has 4 rings (SSSR count). The van der Waals surface area contributed by atoms with Crippen LogP contribution in [0.5, 0.6) is 17.2 Å². The van der Waals surface area contributed by atoms with Gasteiger partial charge >= 0.3 is 5.97 Å². The fourth-order valence-electron chi connectivity index (χ4n) is 3.97. The molecule has 2 heterocycles. The van der Waals surface area contributed by atoms with E-state index in [4.69, 9.17) is 14.2 Å². The van der Waals surface area contributed by atoms with E-state index in [0.717, 1.165) is 16.0 Å². The van der Waals surface area contributed by atoms with Crippen LogP contribution in [0.4, 0.5) is 5.69 Å². The Morgan fingerprint density at radius 2 is 1.74 bits per heavy atom. The van der Waals surface area contributed by atoms with Crippen LogP contribution in [0.2, 0.25) is 0 Å². The molecule has 0 bridgehead atoms. The van der Waals surface area contributed by atoms with Gasteiger partial charge in [-0.2, -0.15) is 0 Å². The predicted molar refractivity (Wildman–Crippen MR) is 118 cm³/mol. The zero-order chi connectivity index (χ0) is 22.1. The van der Waals surface area contributed by atoms with Crippen molar-refractivity contribution in [2.45, 2.75) is 12.3 Å². The summed E-state index contributed by atoms with van der Waals surface area (Å²) in [6.45, 7) is 0. The summed E-state index contributed by atoms with van der Waals surface area (Å²) in [6, 6.07) is 12.8. The van der Waals surface area contributed by atoms with E-state index in [0.29, 0.717) is 28.5 Å². The van der Waals surface area contributed by atoms with Crippen LogP contribution in [0.15, 0.2) is 42.5 Å². The van der Waals surface area contributed by atoms with E-state index >= 15 is 0 Å². The van der Waals surface area contributed by atoms with Crippen molar-refractivity contribution in [2.24, 2.45) is 0 Å². The molecule has 1 aromatic heterocycles. The molecule has 0 saturated heterocycles. The first-order valence-corrected chi connectivity index (χ1v) is 10.4. The fourth-order valence-corrected chi connectivity index (χ4v) is 5.20. The van der Waals surface area contributed by atoms with Crippen LogP contribution in [0.1, 0.15) is 32.5 Å². The van der Waals surface area contributed by atoms with Gasteiger partial charge in [0, 0.05) is 28.3 Å². The predicted octanol–water partition coefficient (Wildman–Crippen LogP) is 4.61. The number of carboxylic acid groups (broad SMARTS) is 1. The lowest BCUT2D eigenvalue weighted by Gasteiger charge is -2.26. The van der Waals surface area contributed by atoms with Crippen LogP contribution in [-0.4, -0.2) is 38.3 Å². The lowest BCUT2D eigenvalue weighted by molar-refractivity contribution is -0.116. The highest BCUT2D eigenvalue weighted by Gasteiger charge is 2.36. The van der Waals surface area contributed by atoms with Gasteiger partial charge in [0.2, 0.25) is 11.7 Å². The number of benzene rings is 2. The molecule has 7 nitrogen and oxygen atoms in total. The molecule has 1 aliphatic rings. The summed E-state index contributed by atoms with van der Waals surface area (Å²) in [4.78, 5) is 25.7. The number of thiophene rings is 1. The van der Waals surface area contributed by atoms with Crippen LogP contribution >= 0.6 is 11.3 Å². The third kappa shape index (κ3) is 3.48. The first-order chi connectivity index (χ1) is 15.0. The highest BCUT2D eigenvalue weighted by atomic mass is 32.1. The number of ether oxygens (including phenoxy) is 3. The third-order valence-electron chi connectivity index (χ3n) is 5.27. The van der Waals surface area contributed by atoms with E-state index in [-0.39, 0.29) is 23.1 Å². The van der Waals surface area contributed by atoms with Gasteiger partial charge in [0.25, 0.3) is 0 Å². The number of methoxy groups -OCH3 is 3. The van der Waals surface area contributed by atoms with Crippen LogP contribution < -0.4 is 19.5 Å². The van der Waals surface area contributed by atoms with Crippen molar-refractivity contribution in [3.63, 3.8) is 0 Å². The van der Waals surface area contributed by atoms with Gasteiger partial charge in [-0.05, 0) is 11.6 Å². The Morgan fingerprint density at radius 1 is 1.03 bits per heavy atom. The molecule has 1 atom stereocenters. The SMILES string of the molecule is COc1ccc([C@@H]2CC(=O)Nc3c2sc(C(=O)O)c3-c2ccccc2)c(OC)c1OC. The maximum atomic E-state index is 12.7. The summed E-state index contributed by atoms with van der Waals surface area (Å²) in [5.41, 5.74) is 2.52. The lowest BCUT2D eigenvalue weighted by atomic mass is 9.87. The second kappa shape index (κ2) is 8.31. The van der Waals surface area contributed by atoms with Crippen molar-refractivity contribution in [1.82, 2.24) is 0 Å². The Kier molecular flexibility index (Phi) is 5.56. The number of hydrogen-bond donors (Lipinski definition) is 2. The Balaban J connectivity index is 1.96. The first-order valence-electron chi connectivity index (χ1n) is 9.54. The molecular weight excluding hydrogens is 418 g/mol. The normalized spacial score (nSPS) is 15.1. The highest BCUT2D eigenvalue weighted by Crippen LogP contribution is 2.53. The molecule has 0 fully saturated rings. The van der Waals surface area contributed by atoms with Gasteiger partial charge in [-0.1, -0.05) is 36.4 Å². The van der Waals surface area contributed by atoms with Gasteiger partial charge in [-0.3, -0.25) is 4.79 Å². The van der Waals surface area contributed by atoms with Gasteiger partial charge in [0.15, 0.2) is 11.5 Å². The van der Waals surface area contributed by atoms with Gasteiger partial charge in [-0.15, -0.1) is 11.3 Å². The quantitative estimate of drug-likeness (QED) is 0.582. The number of carbonyl (C=O) groups excluding carboxylic acids is 1. The second-order valence-electron chi connectivity index (χ2n) is 6.95. The number of fused-ring (bicyclic) bond motifs is 1. The van der Waals surface area contributed by atoms with Gasteiger partial charge in [-0.25, -0.2) is 4.79 Å². The smallest absolute Gasteiger partial charge is 0.346 e. The molecule has 0 radical (unpaired) electrons. The Bertz CT molecular complexity index is 1150. The summed E-state index contributed by atoms with van der Waals surface area (Å²) >= 11 is 1.17. The van der Waals surface area contributed by atoms with E-state index < -0.39 is 5.97 Å². The molecule has 160 valence electrons. The number of aromatic carboxylic acids is 1. The number of nitrogens with one attached hydrogen (secondary N) is 1. The van der Waals surface area contributed by atoms with Gasteiger partial charge in [0.05, 0.1) is 27.0 Å². The summed E-state index contributed by atoms with van der Waals surface area (Å²) in [5, 5.41) is 12.8. The minimum Gasteiger partial charge on any atom is -0.493 e. The van der Waals surface area contributed by atoms with Crippen molar-refractivity contribution >= 4 is 28.9 Å². The van der Waals surface area contributed by atoms with E-state index in [1.54, 1.807) is 6.07 Å². The zero-order valence-corrected chi connectivity index (χ0v) is 18.0. The van der Waals surface area contributed by atoms with Crippen LogP contribution in [0, 0.1) is 0 Å². The summed E-state index contributed by atoms with van der Waals surface area (Å²) in [5.74, 6) is -0.232. The molecule has 8 heteroatoms. The Morgan fingerprint density at radius 3 is 2.35 bits per heavy atom. The average Bonchev–Trinajstić information content (AvgIpc) is 3.17. The third-order valence-corrected chi connectivity index (χ3v) is 6.56. The van der Waals surface area contributed by atoms with Gasteiger partial charge in [0.1, 0.15) is 4.88 Å². The van der Waals surface area contributed by atoms with Crippen molar-refractivity contribution in [3.8, 4) is 28.4 Å². The molecule has 2 N–H and O–H groups in total. The van der Waals surface area contributed by atoms with Crippen molar-refractivity contribution in [3.05, 3.63) is 57.8 Å². The summed E-state index contributed by atoms with van der Waals surface area (Å²) < 4.78 is 16.5. The minimum absolute atomic E-state index is 0.159. The molecule has 3 aromatic rings. The topological polar surface area (TPSA) is 94.1 Å². The number of rotatable bonds is 6.